The van der Waals surface area contributed by atoms with Crippen molar-refractivity contribution in [1.82, 2.24) is 0 Å². The third-order valence-corrected chi connectivity index (χ3v) is 4.35. The van der Waals surface area contributed by atoms with E-state index in [1.807, 2.05) is 6.07 Å². The van der Waals surface area contributed by atoms with Gasteiger partial charge in [-0.3, -0.25) is 0 Å². The van der Waals surface area contributed by atoms with Gasteiger partial charge in [0.05, 0.1) is 0 Å². The topological polar surface area (TPSA) is 29.3 Å². The van der Waals surface area contributed by atoms with Crippen LogP contribution in [0.3, 0.4) is 0 Å². The molecule has 2 N–H and O–H groups in total. The van der Waals surface area contributed by atoms with Gasteiger partial charge in [0, 0.05) is 24.3 Å². The smallest absolute Gasteiger partial charge is 0.125 e. The first-order chi connectivity index (χ1) is 9.10. The van der Waals surface area contributed by atoms with Gasteiger partial charge in [-0.25, -0.2) is 4.39 Å². The highest BCUT2D eigenvalue weighted by Gasteiger charge is 2.34. The zero-order valence-electron chi connectivity index (χ0n) is 12.1. The van der Waals surface area contributed by atoms with E-state index in [0.717, 1.165) is 25.1 Å². The first-order valence-corrected chi connectivity index (χ1v) is 7.37. The second-order valence-corrected chi connectivity index (χ2v) is 5.83. The lowest BCUT2D eigenvalue weighted by Crippen LogP contribution is -2.51. The van der Waals surface area contributed by atoms with E-state index in [0.29, 0.717) is 6.54 Å². The van der Waals surface area contributed by atoms with Gasteiger partial charge in [0.1, 0.15) is 5.82 Å². The molecule has 1 heterocycles. The Morgan fingerprint density at radius 3 is 2.84 bits per heavy atom. The molecule has 0 spiro atoms. The fourth-order valence-corrected chi connectivity index (χ4v) is 3.02. The number of rotatable bonds is 6. The van der Waals surface area contributed by atoms with E-state index in [-0.39, 0.29) is 11.4 Å². The summed E-state index contributed by atoms with van der Waals surface area (Å²) in [5.74, 6) is -0.154. The maximum Gasteiger partial charge on any atom is 0.125 e. The van der Waals surface area contributed by atoms with E-state index in [9.17, 15) is 4.39 Å². The summed E-state index contributed by atoms with van der Waals surface area (Å²) in [6.45, 7) is 5.99. The molecule has 0 saturated carbocycles. The van der Waals surface area contributed by atoms with Crippen molar-refractivity contribution >= 4 is 5.69 Å². The van der Waals surface area contributed by atoms with E-state index in [4.69, 9.17) is 5.73 Å². The molecule has 0 amide bonds. The molecule has 106 valence electrons. The normalized spacial score (nSPS) is 17.4. The van der Waals surface area contributed by atoms with Gasteiger partial charge in [0.2, 0.25) is 0 Å². The van der Waals surface area contributed by atoms with E-state index in [1.165, 1.54) is 24.8 Å². The van der Waals surface area contributed by atoms with Crippen LogP contribution in [0.2, 0.25) is 0 Å². The quantitative estimate of drug-likeness (QED) is 0.797. The number of unbranched alkanes of at least 4 members (excludes halogenated alkanes) is 2. The van der Waals surface area contributed by atoms with Crippen LogP contribution in [0.1, 0.15) is 45.1 Å². The Kier molecular flexibility index (Phi) is 4.46. The van der Waals surface area contributed by atoms with Gasteiger partial charge in [0.15, 0.2) is 0 Å². The molecule has 0 radical (unpaired) electrons. The second kappa shape index (κ2) is 5.91. The highest BCUT2D eigenvalue weighted by Crippen LogP contribution is 2.36. The molecular weight excluding hydrogens is 239 g/mol. The lowest BCUT2D eigenvalue weighted by Gasteiger charge is -2.40. The largest absolute Gasteiger partial charge is 0.364 e. The standard InChI is InChI=1S/C16H25FN2/c1-3-4-5-9-16(2,12-18)19-10-8-13-6-7-14(17)11-15(13)19/h6-7,11H,3-5,8-10,12,18H2,1-2H3. The number of hydrogen-bond acceptors (Lipinski definition) is 2. The van der Waals surface area contributed by atoms with Crippen molar-refractivity contribution < 1.29 is 4.39 Å². The van der Waals surface area contributed by atoms with Gasteiger partial charge in [-0.2, -0.15) is 0 Å². The van der Waals surface area contributed by atoms with E-state index >= 15 is 0 Å². The number of halogens is 1. The zero-order valence-corrected chi connectivity index (χ0v) is 12.1. The van der Waals surface area contributed by atoms with E-state index in [1.54, 1.807) is 12.1 Å². The molecule has 2 rings (SSSR count). The summed E-state index contributed by atoms with van der Waals surface area (Å²) in [4.78, 5) is 2.32. The van der Waals surface area contributed by atoms with Crippen LogP contribution in [0.15, 0.2) is 18.2 Å². The number of fused-ring (bicyclic) bond motifs is 1. The minimum Gasteiger partial charge on any atom is -0.364 e. The minimum absolute atomic E-state index is 0.0474. The average molecular weight is 264 g/mol. The molecule has 1 aromatic carbocycles. The van der Waals surface area contributed by atoms with Gasteiger partial charge < -0.3 is 10.6 Å². The molecule has 0 aromatic heterocycles. The molecule has 0 fully saturated rings. The van der Waals surface area contributed by atoms with Gasteiger partial charge in [-0.05, 0) is 37.5 Å². The maximum atomic E-state index is 13.5. The van der Waals surface area contributed by atoms with Crippen LogP contribution < -0.4 is 10.6 Å². The van der Waals surface area contributed by atoms with Crippen molar-refractivity contribution in [3.8, 4) is 0 Å². The van der Waals surface area contributed by atoms with Crippen LogP contribution in [0.25, 0.3) is 0 Å². The molecule has 1 aliphatic heterocycles. The lowest BCUT2D eigenvalue weighted by atomic mass is 9.92. The Hall–Kier alpha value is -1.09. The Morgan fingerprint density at radius 1 is 1.37 bits per heavy atom. The Morgan fingerprint density at radius 2 is 2.16 bits per heavy atom. The van der Waals surface area contributed by atoms with Crippen LogP contribution >= 0.6 is 0 Å². The van der Waals surface area contributed by atoms with Crippen LogP contribution in [-0.4, -0.2) is 18.6 Å². The fourth-order valence-electron chi connectivity index (χ4n) is 3.02. The number of hydrogen-bond donors (Lipinski definition) is 1. The van der Waals surface area contributed by atoms with Gasteiger partial charge in [-0.15, -0.1) is 0 Å². The summed E-state index contributed by atoms with van der Waals surface area (Å²) in [6.07, 6.45) is 5.71. The summed E-state index contributed by atoms with van der Waals surface area (Å²) in [5.41, 5.74) is 8.27. The predicted molar refractivity (Wildman–Crippen MR) is 79.1 cm³/mol. The molecule has 3 heteroatoms. The first kappa shape index (κ1) is 14.3. The third-order valence-electron chi connectivity index (χ3n) is 4.35. The van der Waals surface area contributed by atoms with Crippen molar-refractivity contribution in [2.75, 3.05) is 18.0 Å². The predicted octanol–water partition coefficient (Wildman–Crippen LogP) is 3.49. The van der Waals surface area contributed by atoms with Gasteiger partial charge >= 0.3 is 0 Å². The summed E-state index contributed by atoms with van der Waals surface area (Å²) >= 11 is 0. The van der Waals surface area contributed by atoms with Gasteiger partial charge in [0.25, 0.3) is 0 Å². The third kappa shape index (κ3) is 2.92. The Labute approximate surface area is 115 Å². The lowest BCUT2D eigenvalue weighted by molar-refractivity contribution is 0.390. The highest BCUT2D eigenvalue weighted by atomic mass is 19.1. The average Bonchev–Trinajstić information content (AvgIpc) is 2.82. The highest BCUT2D eigenvalue weighted by molar-refractivity contribution is 5.60. The zero-order chi connectivity index (χ0) is 13.9. The molecule has 1 unspecified atom stereocenters. The van der Waals surface area contributed by atoms with Crippen LogP contribution in [-0.2, 0) is 6.42 Å². The number of benzene rings is 1. The number of nitrogens with two attached hydrogens (primary N) is 1. The molecule has 0 aliphatic carbocycles. The Bertz CT molecular complexity index is 433. The van der Waals surface area contributed by atoms with Crippen molar-refractivity contribution in [1.29, 1.82) is 0 Å². The molecular formula is C16H25FN2. The molecule has 0 bridgehead atoms. The first-order valence-electron chi connectivity index (χ1n) is 7.37. The SMILES string of the molecule is CCCCCC(C)(CN)N1CCc2ccc(F)cc21. The van der Waals surface area contributed by atoms with Crippen molar-refractivity contribution in [3.05, 3.63) is 29.6 Å². The maximum absolute atomic E-state index is 13.5. The van der Waals surface area contributed by atoms with Crippen molar-refractivity contribution in [3.63, 3.8) is 0 Å². The second-order valence-electron chi connectivity index (χ2n) is 5.83. The summed E-state index contributed by atoms with van der Waals surface area (Å²) in [7, 11) is 0. The summed E-state index contributed by atoms with van der Waals surface area (Å²) < 4.78 is 13.5. The summed E-state index contributed by atoms with van der Waals surface area (Å²) in [5, 5.41) is 0. The molecule has 1 atom stereocenters. The van der Waals surface area contributed by atoms with Crippen molar-refractivity contribution in [2.45, 2.75) is 51.5 Å². The Balaban J connectivity index is 2.19. The van der Waals surface area contributed by atoms with Crippen LogP contribution in [0.5, 0.6) is 0 Å². The van der Waals surface area contributed by atoms with Crippen LogP contribution in [0.4, 0.5) is 10.1 Å². The molecule has 1 aromatic rings. The number of anilines is 1. The van der Waals surface area contributed by atoms with Gasteiger partial charge in [-0.1, -0.05) is 32.3 Å². The van der Waals surface area contributed by atoms with Crippen molar-refractivity contribution in [2.24, 2.45) is 5.73 Å². The van der Waals surface area contributed by atoms with E-state index < -0.39 is 0 Å². The molecule has 19 heavy (non-hydrogen) atoms. The molecule has 0 saturated heterocycles. The fraction of sp³-hybridized carbons (Fsp3) is 0.625. The minimum atomic E-state index is -0.154. The molecule has 2 nitrogen and oxygen atoms in total. The number of nitrogens with zero attached hydrogens (tertiary/aromatic N) is 1. The van der Waals surface area contributed by atoms with E-state index in [2.05, 4.69) is 18.7 Å². The van der Waals surface area contributed by atoms with Crippen LogP contribution in [0, 0.1) is 5.82 Å². The molecule has 1 aliphatic rings. The summed E-state index contributed by atoms with van der Waals surface area (Å²) in [6, 6.07) is 5.13. The monoisotopic (exact) mass is 264 g/mol.